The van der Waals surface area contributed by atoms with Gasteiger partial charge in [-0.1, -0.05) is 10.8 Å². The SMILES string of the molecule is CC(C)ON([O-])OON([O-])OC(C)C. The van der Waals surface area contributed by atoms with Crippen molar-refractivity contribution in [2.45, 2.75) is 39.9 Å². The summed E-state index contributed by atoms with van der Waals surface area (Å²) in [7, 11) is 0. The molecule has 0 aromatic rings. The Kier molecular flexibility index (Phi) is 6.87. The van der Waals surface area contributed by atoms with Crippen LogP contribution in [0.5, 0.6) is 0 Å². The van der Waals surface area contributed by atoms with Gasteiger partial charge in [0.05, 0.1) is 12.2 Å². The van der Waals surface area contributed by atoms with Crippen LogP contribution < -0.4 is 0 Å². The minimum Gasteiger partial charge on any atom is -0.735 e. The van der Waals surface area contributed by atoms with E-state index in [1.54, 1.807) is 27.7 Å². The van der Waals surface area contributed by atoms with Crippen LogP contribution in [0.4, 0.5) is 0 Å². The van der Waals surface area contributed by atoms with Crippen LogP contribution in [0.15, 0.2) is 0 Å². The molecular weight excluding hydrogens is 196 g/mol. The Morgan fingerprint density at radius 2 is 1.07 bits per heavy atom. The van der Waals surface area contributed by atoms with E-state index in [-0.39, 0.29) is 23.0 Å². The molecule has 0 atom stereocenters. The number of nitrogens with zero attached hydrogens (tertiary/aromatic N) is 2. The molecule has 0 saturated heterocycles. The third kappa shape index (κ3) is 8.29. The summed E-state index contributed by atoms with van der Waals surface area (Å²) in [4.78, 5) is 16.5. The fraction of sp³-hybridized carbons (Fsp3) is 1.00. The Bertz CT molecular complexity index is 128. The molecule has 0 heterocycles. The zero-order valence-corrected chi connectivity index (χ0v) is 8.50. The van der Waals surface area contributed by atoms with Gasteiger partial charge in [0, 0.05) is 0 Å². The van der Waals surface area contributed by atoms with E-state index in [2.05, 4.69) is 19.7 Å². The quantitative estimate of drug-likeness (QED) is 0.454. The van der Waals surface area contributed by atoms with Crippen LogP contribution in [0.3, 0.4) is 0 Å². The van der Waals surface area contributed by atoms with E-state index in [1.807, 2.05) is 0 Å². The maximum atomic E-state index is 10.6. The molecule has 86 valence electrons. The van der Waals surface area contributed by atoms with Crippen molar-refractivity contribution in [3.63, 3.8) is 0 Å². The van der Waals surface area contributed by atoms with Gasteiger partial charge in [-0.15, -0.1) is 9.98 Å². The lowest BCUT2D eigenvalue weighted by molar-refractivity contribution is -0.608. The summed E-state index contributed by atoms with van der Waals surface area (Å²) in [5.41, 5.74) is 0. The first-order chi connectivity index (χ1) is 6.41. The summed E-state index contributed by atoms with van der Waals surface area (Å²) < 4.78 is 0. The molecule has 0 aromatic heterocycles. The maximum absolute atomic E-state index is 10.6. The number of hydrogen-bond acceptors (Lipinski definition) is 8. The average Bonchev–Trinajstić information content (AvgIpc) is 1.98. The maximum Gasteiger partial charge on any atom is 0.0753 e. The summed E-state index contributed by atoms with van der Waals surface area (Å²) in [6.07, 6.45) is -0.774. The van der Waals surface area contributed by atoms with Gasteiger partial charge in [-0.3, -0.25) is 9.68 Å². The molecule has 0 aliphatic heterocycles. The van der Waals surface area contributed by atoms with Gasteiger partial charge in [0.15, 0.2) is 0 Å². The molecule has 0 amide bonds. The van der Waals surface area contributed by atoms with Crippen molar-refractivity contribution in [1.29, 1.82) is 0 Å². The molecule has 0 radical (unpaired) electrons. The van der Waals surface area contributed by atoms with E-state index in [0.717, 1.165) is 0 Å². The Hall–Kier alpha value is -0.320. The van der Waals surface area contributed by atoms with E-state index in [1.165, 1.54) is 0 Å². The second-order valence-corrected chi connectivity index (χ2v) is 2.90. The fourth-order valence-electron chi connectivity index (χ4n) is 0.434. The zero-order valence-electron chi connectivity index (χ0n) is 8.50. The van der Waals surface area contributed by atoms with Crippen molar-refractivity contribution >= 4 is 0 Å². The van der Waals surface area contributed by atoms with E-state index < -0.39 is 0 Å². The fourth-order valence-corrected chi connectivity index (χ4v) is 0.434. The van der Waals surface area contributed by atoms with Crippen molar-refractivity contribution in [2.75, 3.05) is 0 Å². The van der Waals surface area contributed by atoms with Gasteiger partial charge in [-0.2, -0.15) is 0 Å². The second kappa shape index (κ2) is 7.04. The average molecular weight is 210 g/mol. The first kappa shape index (κ1) is 13.7. The van der Waals surface area contributed by atoms with Crippen LogP contribution in [0.2, 0.25) is 0 Å². The smallest absolute Gasteiger partial charge is 0.0753 e. The van der Waals surface area contributed by atoms with Crippen LogP contribution in [0, 0.1) is 10.4 Å². The molecule has 0 N–H and O–H groups in total. The monoisotopic (exact) mass is 210 g/mol. The standard InChI is InChI=1S/C6H14N2O6/c1-5(2)11-7(9)13-14-8(10)12-6(3)4/h5-6H,1-4H3/q-2. The third-order valence-electron chi connectivity index (χ3n) is 0.749. The van der Waals surface area contributed by atoms with E-state index >= 15 is 0 Å². The van der Waals surface area contributed by atoms with Crippen LogP contribution in [0.25, 0.3) is 0 Å². The van der Waals surface area contributed by atoms with Gasteiger partial charge in [-0.05, 0) is 27.7 Å². The molecule has 0 unspecified atom stereocenters. The molecule has 0 bridgehead atoms. The van der Waals surface area contributed by atoms with Gasteiger partial charge in [0.1, 0.15) is 0 Å². The molecular formula is C6H14N2O6-2. The second-order valence-electron chi connectivity index (χ2n) is 2.90. The lowest BCUT2D eigenvalue weighted by Gasteiger charge is -2.30. The Morgan fingerprint density at radius 1 is 0.786 bits per heavy atom. The highest BCUT2D eigenvalue weighted by molar-refractivity contribution is 4.31. The number of rotatable bonds is 7. The minimum atomic E-state index is -0.387. The number of hydrogen-bond donors (Lipinski definition) is 0. The zero-order chi connectivity index (χ0) is 11.1. The Balaban J connectivity index is 3.50. The van der Waals surface area contributed by atoms with Gasteiger partial charge in [-0.25, -0.2) is 0 Å². The van der Waals surface area contributed by atoms with Crippen LogP contribution in [0.1, 0.15) is 27.7 Å². The summed E-state index contributed by atoms with van der Waals surface area (Å²) >= 11 is 0. The van der Waals surface area contributed by atoms with Gasteiger partial charge >= 0.3 is 0 Å². The normalized spacial score (nSPS) is 12.4. The predicted octanol–water partition coefficient (Wildman–Crippen LogP) is 1.04. The van der Waals surface area contributed by atoms with Crippen molar-refractivity contribution < 1.29 is 19.7 Å². The third-order valence-corrected chi connectivity index (χ3v) is 0.749. The molecule has 0 saturated carbocycles. The lowest BCUT2D eigenvalue weighted by Crippen LogP contribution is -2.28. The van der Waals surface area contributed by atoms with Crippen molar-refractivity contribution in [3.05, 3.63) is 10.4 Å². The Labute approximate surface area is 81.8 Å². The van der Waals surface area contributed by atoms with Crippen molar-refractivity contribution in [3.8, 4) is 0 Å². The molecule has 0 aromatic carbocycles. The van der Waals surface area contributed by atoms with Crippen molar-refractivity contribution in [2.24, 2.45) is 0 Å². The topological polar surface area (TPSA) is 89.5 Å². The van der Waals surface area contributed by atoms with Crippen LogP contribution in [-0.2, 0) is 19.7 Å². The highest BCUT2D eigenvalue weighted by Gasteiger charge is 2.01. The molecule has 0 aliphatic rings. The largest absolute Gasteiger partial charge is 0.735 e. The summed E-state index contributed by atoms with van der Waals surface area (Å²) in [6, 6.07) is 0. The van der Waals surface area contributed by atoms with Crippen LogP contribution in [-0.4, -0.2) is 23.0 Å². The molecule has 14 heavy (non-hydrogen) atoms. The molecule has 0 spiro atoms. The molecule has 0 aliphatic carbocycles. The van der Waals surface area contributed by atoms with Crippen LogP contribution >= 0.6 is 0 Å². The van der Waals surface area contributed by atoms with Gasteiger partial charge < -0.3 is 10.4 Å². The molecule has 0 fully saturated rings. The Morgan fingerprint density at radius 3 is 1.29 bits per heavy atom. The summed E-state index contributed by atoms with van der Waals surface area (Å²) in [5, 5.41) is 20.5. The van der Waals surface area contributed by atoms with E-state index in [0.29, 0.717) is 0 Å². The molecule has 8 heteroatoms. The molecule has 0 rings (SSSR count). The van der Waals surface area contributed by atoms with E-state index in [4.69, 9.17) is 0 Å². The highest BCUT2D eigenvalue weighted by atomic mass is 17.5. The predicted molar refractivity (Wildman–Crippen MR) is 45.0 cm³/mol. The minimum absolute atomic E-state index is 0.334. The lowest BCUT2D eigenvalue weighted by atomic mass is 10.5. The molecule has 8 nitrogen and oxygen atoms in total. The summed E-state index contributed by atoms with van der Waals surface area (Å²) in [6.45, 7) is 6.42. The van der Waals surface area contributed by atoms with Gasteiger partial charge in [0.2, 0.25) is 0 Å². The first-order valence-electron chi connectivity index (χ1n) is 4.04. The summed E-state index contributed by atoms with van der Waals surface area (Å²) in [5.74, 6) is 0. The van der Waals surface area contributed by atoms with E-state index in [9.17, 15) is 10.4 Å². The van der Waals surface area contributed by atoms with Crippen molar-refractivity contribution in [1.82, 2.24) is 10.8 Å². The first-order valence-corrected chi connectivity index (χ1v) is 4.04. The highest BCUT2D eigenvalue weighted by Crippen LogP contribution is 2.00. The van der Waals surface area contributed by atoms with Gasteiger partial charge in [0.25, 0.3) is 0 Å².